The number of ether oxygens (including phenoxy) is 3. The van der Waals surface area contributed by atoms with Crippen LogP contribution in [0.4, 0.5) is 11.4 Å². The van der Waals surface area contributed by atoms with Gasteiger partial charge in [-0.05, 0) is 30.3 Å². The maximum atomic E-state index is 12.0. The van der Waals surface area contributed by atoms with E-state index in [2.05, 4.69) is 10.6 Å². The molecule has 28 heavy (non-hydrogen) atoms. The number of methoxy groups -OCH3 is 2. The van der Waals surface area contributed by atoms with E-state index in [-0.39, 0.29) is 30.3 Å². The van der Waals surface area contributed by atoms with Gasteiger partial charge in [0.1, 0.15) is 23.9 Å². The van der Waals surface area contributed by atoms with Crippen LogP contribution in [0.25, 0.3) is 0 Å². The van der Waals surface area contributed by atoms with Crippen molar-refractivity contribution < 1.29 is 28.7 Å². The number of anilines is 1. The Morgan fingerprint density at radius 1 is 1.00 bits per heavy atom. The van der Waals surface area contributed by atoms with E-state index in [1.165, 1.54) is 19.2 Å². The maximum absolute atomic E-state index is 12.0. The van der Waals surface area contributed by atoms with Gasteiger partial charge in [-0.25, -0.2) is 0 Å². The topological polar surface area (TPSA) is 129 Å². The third-order valence-corrected chi connectivity index (χ3v) is 3.57. The molecule has 2 N–H and O–H groups in total. The van der Waals surface area contributed by atoms with Crippen molar-refractivity contribution in [3.05, 3.63) is 52.6 Å². The van der Waals surface area contributed by atoms with Crippen molar-refractivity contribution in [2.24, 2.45) is 0 Å². The van der Waals surface area contributed by atoms with Crippen LogP contribution in [-0.4, -0.2) is 44.1 Å². The van der Waals surface area contributed by atoms with Gasteiger partial charge in [0.25, 0.3) is 5.69 Å². The Kier molecular flexibility index (Phi) is 7.14. The summed E-state index contributed by atoms with van der Waals surface area (Å²) in [6.45, 7) is 0.266. The highest BCUT2D eigenvalue weighted by atomic mass is 16.6. The van der Waals surface area contributed by atoms with E-state index in [4.69, 9.17) is 14.2 Å². The number of carbonyl (C=O) groups is 2. The van der Waals surface area contributed by atoms with Crippen LogP contribution in [0.15, 0.2) is 42.5 Å². The normalized spacial score (nSPS) is 9.93. The fourth-order valence-electron chi connectivity index (χ4n) is 2.16. The maximum Gasteiger partial charge on any atom is 0.313 e. The Hall–Kier alpha value is -3.82. The zero-order valence-corrected chi connectivity index (χ0v) is 15.3. The fraction of sp³-hybridized carbons (Fsp3) is 0.222. The van der Waals surface area contributed by atoms with Crippen LogP contribution in [0.1, 0.15) is 0 Å². The van der Waals surface area contributed by atoms with Crippen LogP contribution in [0.2, 0.25) is 0 Å². The Morgan fingerprint density at radius 2 is 1.68 bits per heavy atom. The quantitative estimate of drug-likeness (QED) is 0.304. The first-order valence-electron chi connectivity index (χ1n) is 8.13. The summed E-state index contributed by atoms with van der Waals surface area (Å²) in [5.41, 5.74) is -0.0577. The first-order valence-corrected chi connectivity index (χ1v) is 8.13. The smallest absolute Gasteiger partial charge is 0.313 e. The molecule has 2 aromatic carbocycles. The summed E-state index contributed by atoms with van der Waals surface area (Å²) < 4.78 is 15.5. The molecular formula is C18H19N3O7. The van der Waals surface area contributed by atoms with E-state index in [9.17, 15) is 19.7 Å². The van der Waals surface area contributed by atoms with Gasteiger partial charge in [0.2, 0.25) is 0 Å². The lowest BCUT2D eigenvalue weighted by Crippen LogP contribution is -2.37. The van der Waals surface area contributed by atoms with E-state index < -0.39 is 16.7 Å². The third kappa shape index (κ3) is 5.59. The standard InChI is InChI=1S/C18H19N3O7/c1-26-13-4-6-14(7-5-13)28-10-9-19-17(22)18(23)20-15-8-3-12(21(24)25)11-16(15)27-2/h3-8,11H,9-10H2,1-2H3,(H,19,22)(H,20,23). The lowest BCUT2D eigenvalue weighted by molar-refractivity contribution is -0.384. The molecule has 0 aromatic heterocycles. The molecule has 10 heteroatoms. The predicted molar refractivity (Wildman–Crippen MR) is 99.8 cm³/mol. The SMILES string of the molecule is COc1ccc(OCCNC(=O)C(=O)Nc2ccc([N+](=O)[O-])cc2OC)cc1. The summed E-state index contributed by atoms with van der Waals surface area (Å²) in [4.78, 5) is 34.0. The minimum Gasteiger partial charge on any atom is -0.497 e. The summed E-state index contributed by atoms with van der Waals surface area (Å²) in [5, 5.41) is 15.5. The predicted octanol–water partition coefficient (Wildman–Crippen LogP) is 1.75. The second-order valence-corrected chi connectivity index (χ2v) is 5.38. The first kappa shape index (κ1) is 20.5. The Bertz CT molecular complexity index is 853. The molecule has 0 radical (unpaired) electrons. The number of nitrogens with zero attached hydrogens (tertiary/aromatic N) is 1. The van der Waals surface area contributed by atoms with E-state index in [0.717, 1.165) is 6.07 Å². The van der Waals surface area contributed by atoms with E-state index in [0.29, 0.717) is 11.5 Å². The van der Waals surface area contributed by atoms with Gasteiger partial charge in [-0.15, -0.1) is 0 Å². The second kappa shape index (κ2) is 9.76. The molecule has 10 nitrogen and oxygen atoms in total. The molecule has 2 amide bonds. The Labute approximate surface area is 160 Å². The highest BCUT2D eigenvalue weighted by Gasteiger charge is 2.17. The molecule has 0 aliphatic carbocycles. The van der Waals surface area contributed by atoms with Gasteiger partial charge < -0.3 is 24.8 Å². The molecule has 0 heterocycles. The molecule has 0 aliphatic rings. The molecule has 0 aliphatic heterocycles. The van der Waals surface area contributed by atoms with Crippen molar-refractivity contribution in [2.45, 2.75) is 0 Å². The second-order valence-electron chi connectivity index (χ2n) is 5.38. The average Bonchev–Trinajstić information content (AvgIpc) is 2.71. The Balaban J connectivity index is 1.82. The number of rotatable bonds is 8. The van der Waals surface area contributed by atoms with Gasteiger partial charge in [0, 0.05) is 6.07 Å². The molecule has 0 saturated carbocycles. The highest BCUT2D eigenvalue weighted by Crippen LogP contribution is 2.28. The average molecular weight is 389 g/mol. The molecule has 0 atom stereocenters. The van der Waals surface area contributed by atoms with Crippen LogP contribution in [-0.2, 0) is 9.59 Å². The lowest BCUT2D eigenvalue weighted by Gasteiger charge is -2.10. The van der Waals surface area contributed by atoms with Crippen molar-refractivity contribution in [3.8, 4) is 17.2 Å². The van der Waals surface area contributed by atoms with Gasteiger partial charge in [0.05, 0.1) is 37.4 Å². The molecule has 0 fully saturated rings. The number of amides is 2. The number of nitro groups is 1. The molecule has 148 valence electrons. The minimum atomic E-state index is -0.934. The number of nitro benzene ring substituents is 1. The first-order chi connectivity index (χ1) is 13.4. The van der Waals surface area contributed by atoms with Gasteiger partial charge in [-0.2, -0.15) is 0 Å². The number of hydrogen-bond donors (Lipinski definition) is 2. The van der Waals surface area contributed by atoms with E-state index >= 15 is 0 Å². The number of hydrogen-bond acceptors (Lipinski definition) is 7. The monoisotopic (exact) mass is 389 g/mol. The van der Waals surface area contributed by atoms with Crippen molar-refractivity contribution >= 4 is 23.2 Å². The zero-order valence-electron chi connectivity index (χ0n) is 15.3. The summed E-state index contributed by atoms with van der Waals surface area (Å²) >= 11 is 0. The highest BCUT2D eigenvalue weighted by molar-refractivity contribution is 6.39. The number of nitrogens with one attached hydrogen (secondary N) is 2. The van der Waals surface area contributed by atoms with Crippen LogP contribution in [0.5, 0.6) is 17.2 Å². The summed E-state index contributed by atoms with van der Waals surface area (Å²) in [6.07, 6.45) is 0. The number of benzene rings is 2. The van der Waals surface area contributed by atoms with Crippen molar-refractivity contribution in [1.82, 2.24) is 5.32 Å². The largest absolute Gasteiger partial charge is 0.497 e. The van der Waals surface area contributed by atoms with Crippen LogP contribution in [0.3, 0.4) is 0 Å². The molecule has 0 bridgehead atoms. The minimum absolute atomic E-state index is 0.0678. The van der Waals surface area contributed by atoms with Crippen molar-refractivity contribution in [3.63, 3.8) is 0 Å². The number of carbonyl (C=O) groups excluding carboxylic acids is 2. The summed E-state index contributed by atoms with van der Waals surface area (Å²) in [5.74, 6) is -0.456. The molecule has 0 saturated heterocycles. The lowest BCUT2D eigenvalue weighted by atomic mass is 10.2. The van der Waals surface area contributed by atoms with Gasteiger partial charge in [-0.3, -0.25) is 19.7 Å². The molecule has 0 spiro atoms. The van der Waals surface area contributed by atoms with Crippen LogP contribution in [0, 0.1) is 10.1 Å². The van der Waals surface area contributed by atoms with Gasteiger partial charge in [-0.1, -0.05) is 0 Å². The van der Waals surface area contributed by atoms with Crippen LogP contribution >= 0.6 is 0 Å². The van der Waals surface area contributed by atoms with Crippen molar-refractivity contribution in [1.29, 1.82) is 0 Å². The molecule has 0 unspecified atom stereocenters. The van der Waals surface area contributed by atoms with Gasteiger partial charge >= 0.3 is 11.8 Å². The van der Waals surface area contributed by atoms with Crippen LogP contribution < -0.4 is 24.8 Å². The van der Waals surface area contributed by atoms with Gasteiger partial charge in [0.15, 0.2) is 0 Å². The van der Waals surface area contributed by atoms with E-state index in [1.807, 2.05) is 0 Å². The molecule has 2 aromatic rings. The molecule has 2 rings (SSSR count). The summed E-state index contributed by atoms with van der Waals surface area (Å²) in [6, 6.07) is 10.5. The van der Waals surface area contributed by atoms with E-state index in [1.54, 1.807) is 31.4 Å². The number of non-ortho nitro benzene ring substituents is 1. The zero-order chi connectivity index (χ0) is 20.5. The molecular weight excluding hydrogens is 370 g/mol. The third-order valence-electron chi connectivity index (χ3n) is 3.57. The van der Waals surface area contributed by atoms with Crippen molar-refractivity contribution in [2.75, 3.05) is 32.7 Å². The summed E-state index contributed by atoms with van der Waals surface area (Å²) in [7, 11) is 2.86. The Morgan fingerprint density at radius 3 is 2.29 bits per heavy atom. The fourth-order valence-corrected chi connectivity index (χ4v) is 2.16.